The third kappa shape index (κ3) is 2.25. The first kappa shape index (κ1) is 11.1. The van der Waals surface area contributed by atoms with Gasteiger partial charge in [-0.05, 0) is 12.1 Å². The number of aromatic nitrogens is 2. The summed E-state index contributed by atoms with van der Waals surface area (Å²) in [7, 11) is 1.69. The molecule has 17 heavy (non-hydrogen) atoms. The summed E-state index contributed by atoms with van der Waals surface area (Å²) in [4.78, 5) is 10.9. The molecule has 0 unspecified atom stereocenters. The number of rotatable bonds is 3. The maximum atomic E-state index is 13.3. The third-order valence-corrected chi connectivity index (χ3v) is 2.10. The van der Waals surface area contributed by atoms with Crippen molar-refractivity contribution in [3.05, 3.63) is 42.0 Å². The molecule has 88 valence electrons. The van der Waals surface area contributed by atoms with E-state index in [0.29, 0.717) is 5.75 Å². The number of ether oxygens (including phenoxy) is 1. The van der Waals surface area contributed by atoms with Crippen molar-refractivity contribution in [2.45, 2.75) is 0 Å². The quantitative estimate of drug-likeness (QED) is 0.885. The Labute approximate surface area is 96.1 Å². The maximum absolute atomic E-state index is 13.3. The molecule has 2 aromatic rings. The van der Waals surface area contributed by atoms with Crippen LogP contribution in [0.4, 0.5) is 4.39 Å². The molecule has 0 amide bonds. The van der Waals surface area contributed by atoms with E-state index in [1.54, 1.807) is 13.2 Å². The van der Waals surface area contributed by atoms with E-state index in [4.69, 9.17) is 9.84 Å². The summed E-state index contributed by atoms with van der Waals surface area (Å²) in [5.74, 6) is -1.91. The molecule has 1 N–H and O–H groups in total. The molecule has 0 atom stereocenters. The number of carbonyl (C=O) groups is 1. The van der Waals surface area contributed by atoms with Crippen molar-refractivity contribution in [2.75, 3.05) is 0 Å². The van der Waals surface area contributed by atoms with Crippen molar-refractivity contribution in [3.8, 4) is 11.5 Å². The predicted molar refractivity (Wildman–Crippen MR) is 56.6 cm³/mol. The van der Waals surface area contributed by atoms with Crippen LogP contribution in [0.1, 0.15) is 10.4 Å². The minimum atomic E-state index is -1.37. The van der Waals surface area contributed by atoms with Gasteiger partial charge in [-0.1, -0.05) is 6.07 Å². The van der Waals surface area contributed by atoms with Crippen molar-refractivity contribution in [2.24, 2.45) is 7.05 Å². The fourth-order valence-corrected chi connectivity index (χ4v) is 1.38. The highest BCUT2D eigenvalue weighted by Gasteiger charge is 2.17. The first-order chi connectivity index (χ1) is 8.08. The molecule has 6 heteroatoms. The first-order valence-corrected chi connectivity index (χ1v) is 4.76. The highest BCUT2D eigenvalue weighted by Crippen LogP contribution is 2.26. The van der Waals surface area contributed by atoms with E-state index in [0.717, 1.165) is 6.07 Å². The third-order valence-electron chi connectivity index (χ3n) is 2.10. The zero-order valence-corrected chi connectivity index (χ0v) is 8.92. The van der Waals surface area contributed by atoms with Crippen LogP contribution in [0, 0.1) is 5.82 Å². The second-order valence-corrected chi connectivity index (χ2v) is 3.37. The molecule has 1 aromatic heterocycles. The molecule has 0 aliphatic carbocycles. The number of benzene rings is 1. The number of carboxylic acid groups (broad SMARTS) is 1. The number of aryl methyl sites for hydroxylation is 1. The number of hydrogen-bond donors (Lipinski definition) is 1. The molecule has 0 saturated heterocycles. The van der Waals surface area contributed by atoms with Gasteiger partial charge in [0.15, 0.2) is 5.75 Å². The maximum Gasteiger partial charge on any atom is 0.342 e. The van der Waals surface area contributed by atoms with Crippen LogP contribution < -0.4 is 4.74 Å². The zero-order valence-electron chi connectivity index (χ0n) is 8.92. The van der Waals surface area contributed by atoms with Gasteiger partial charge in [-0.3, -0.25) is 4.68 Å². The number of aromatic carboxylic acids is 1. The van der Waals surface area contributed by atoms with Gasteiger partial charge in [-0.2, -0.15) is 5.10 Å². The molecule has 1 heterocycles. The van der Waals surface area contributed by atoms with Gasteiger partial charge in [-0.25, -0.2) is 9.18 Å². The lowest BCUT2D eigenvalue weighted by Crippen LogP contribution is -2.03. The van der Waals surface area contributed by atoms with E-state index in [2.05, 4.69) is 5.10 Å². The fraction of sp³-hybridized carbons (Fsp3) is 0.0909. The Morgan fingerprint density at radius 2 is 2.29 bits per heavy atom. The molecular formula is C11H9FN2O3. The molecule has 2 rings (SSSR count). The molecule has 0 fully saturated rings. The Hall–Kier alpha value is -2.37. The second kappa shape index (κ2) is 4.25. The average Bonchev–Trinajstić information content (AvgIpc) is 2.63. The first-order valence-electron chi connectivity index (χ1n) is 4.76. The van der Waals surface area contributed by atoms with E-state index in [9.17, 15) is 9.18 Å². The van der Waals surface area contributed by atoms with Crippen LogP contribution in [0.15, 0.2) is 30.6 Å². The number of nitrogens with zero attached hydrogens (tertiary/aromatic N) is 2. The minimum absolute atomic E-state index is 0.0505. The van der Waals surface area contributed by atoms with Crippen LogP contribution in [0.2, 0.25) is 0 Å². The standard InChI is InChI=1S/C11H9FN2O3/c1-14-6-7(5-13-14)17-9-4-2-3-8(12)10(9)11(15)16/h2-6H,1H3,(H,15,16). The highest BCUT2D eigenvalue weighted by atomic mass is 19.1. The Morgan fingerprint density at radius 1 is 1.53 bits per heavy atom. The van der Waals surface area contributed by atoms with Gasteiger partial charge in [0, 0.05) is 7.05 Å². The summed E-state index contributed by atoms with van der Waals surface area (Å²) in [5.41, 5.74) is -0.489. The molecule has 0 saturated carbocycles. The van der Waals surface area contributed by atoms with E-state index in [1.165, 1.54) is 23.0 Å². The van der Waals surface area contributed by atoms with Crippen LogP contribution in [0.25, 0.3) is 0 Å². The average molecular weight is 236 g/mol. The SMILES string of the molecule is Cn1cc(Oc2cccc(F)c2C(=O)O)cn1. The normalized spacial score (nSPS) is 10.2. The summed E-state index contributed by atoms with van der Waals surface area (Å²) < 4.78 is 20.1. The molecule has 0 radical (unpaired) electrons. The van der Waals surface area contributed by atoms with E-state index in [1.807, 2.05) is 0 Å². The molecule has 0 bridgehead atoms. The molecular weight excluding hydrogens is 227 g/mol. The summed E-state index contributed by atoms with van der Waals surface area (Å²) in [6, 6.07) is 3.84. The van der Waals surface area contributed by atoms with Gasteiger partial charge in [0.1, 0.15) is 17.1 Å². The van der Waals surface area contributed by atoms with Crippen LogP contribution in [0.5, 0.6) is 11.5 Å². The van der Waals surface area contributed by atoms with Gasteiger partial charge < -0.3 is 9.84 Å². The van der Waals surface area contributed by atoms with Gasteiger partial charge >= 0.3 is 5.97 Å². The summed E-state index contributed by atoms with van der Waals surface area (Å²) in [6.07, 6.45) is 2.97. The largest absolute Gasteiger partial charge is 0.477 e. The number of halogens is 1. The summed E-state index contributed by atoms with van der Waals surface area (Å²) in [6.45, 7) is 0. The predicted octanol–water partition coefficient (Wildman–Crippen LogP) is 2.05. The highest BCUT2D eigenvalue weighted by molar-refractivity contribution is 5.91. The van der Waals surface area contributed by atoms with Crippen molar-refractivity contribution >= 4 is 5.97 Å². The van der Waals surface area contributed by atoms with Gasteiger partial charge in [-0.15, -0.1) is 0 Å². The van der Waals surface area contributed by atoms with Crippen LogP contribution in [-0.4, -0.2) is 20.9 Å². The summed E-state index contributed by atoms with van der Waals surface area (Å²) >= 11 is 0. The summed E-state index contributed by atoms with van der Waals surface area (Å²) in [5, 5.41) is 12.7. The lowest BCUT2D eigenvalue weighted by atomic mass is 10.2. The van der Waals surface area contributed by atoms with Gasteiger partial charge in [0.2, 0.25) is 0 Å². The zero-order chi connectivity index (χ0) is 12.4. The topological polar surface area (TPSA) is 64.3 Å². The molecule has 5 nitrogen and oxygen atoms in total. The van der Waals surface area contributed by atoms with Gasteiger partial charge in [0.25, 0.3) is 0 Å². The monoisotopic (exact) mass is 236 g/mol. The van der Waals surface area contributed by atoms with Crippen LogP contribution >= 0.6 is 0 Å². The van der Waals surface area contributed by atoms with Crippen molar-refractivity contribution in [1.29, 1.82) is 0 Å². The Bertz CT molecular complexity index is 566. The number of carboxylic acids is 1. The molecule has 0 aliphatic heterocycles. The Kier molecular flexibility index (Phi) is 2.78. The van der Waals surface area contributed by atoms with Crippen LogP contribution in [0.3, 0.4) is 0 Å². The fourth-order valence-electron chi connectivity index (χ4n) is 1.38. The molecule has 0 aliphatic rings. The van der Waals surface area contributed by atoms with Crippen molar-refractivity contribution in [3.63, 3.8) is 0 Å². The number of hydrogen-bond acceptors (Lipinski definition) is 3. The minimum Gasteiger partial charge on any atom is -0.477 e. The smallest absolute Gasteiger partial charge is 0.342 e. The van der Waals surface area contributed by atoms with Crippen molar-refractivity contribution < 1.29 is 19.0 Å². The molecule has 1 aromatic carbocycles. The van der Waals surface area contributed by atoms with E-state index in [-0.39, 0.29) is 5.75 Å². The van der Waals surface area contributed by atoms with E-state index < -0.39 is 17.3 Å². The molecule has 0 spiro atoms. The lowest BCUT2D eigenvalue weighted by Gasteiger charge is -2.06. The lowest BCUT2D eigenvalue weighted by molar-refractivity contribution is 0.0689. The Morgan fingerprint density at radius 3 is 2.88 bits per heavy atom. The van der Waals surface area contributed by atoms with E-state index >= 15 is 0 Å². The van der Waals surface area contributed by atoms with Gasteiger partial charge in [0.05, 0.1) is 12.4 Å². The second-order valence-electron chi connectivity index (χ2n) is 3.37. The Balaban J connectivity index is 2.39. The van der Waals surface area contributed by atoms with Crippen LogP contribution in [-0.2, 0) is 7.05 Å². The van der Waals surface area contributed by atoms with Crippen molar-refractivity contribution in [1.82, 2.24) is 9.78 Å².